The van der Waals surface area contributed by atoms with Gasteiger partial charge in [0.2, 0.25) is 17.0 Å². The number of para-hydroxylation sites is 2. The van der Waals surface area contributed by atoms with Gasteiger partial charge in [0.25, 0.3) is 0 Å². The molecule has 0 amide bonds. The van der Waals surface area contributed by atoms with Crippen LogP contribution in [0.3, 0.4) is 0 Å². The van der Waals surface area contributed by atoms with E-state index in [9.17, 15) is 0 Å². The van der Waals surface area contributed by atoms with Crippen molar-refractivity contribution in [3.8, 4) is 0 Å². The standard InChI is InChI=1S/C28H46N2OSi2.Al/c1-19(2)23-15-13-16-24(20(3)4)27(23)29-32(9,10)31-33(11,12)30-28-25(21(5)6)17-14-18-26(28)22(7)8;/h13-22H,1-12H3;/q-2;+1. The predicted octanol–water partition coefficient (Wildman–Crippen LogP) is 8.46. The molecule has 1 saturated heterocycles. The first-order chi connectivity index (χ1) is 15.7. The Kier molecular flexibility index (Phi) is 8.22. The molecule has 0 atom stereocenters. The van der Waals surface area contributed by atoms with Gasteiger partial charge in [-0.05, 0) is 83.5 Å². The normalized spacial score (nSPS) is 18.0. The summed E-state index contributed by atoms with van der Waals surface area (Å²) in [5.74, 6) is 1.92. The van der Waals surface area contributed by atoms with Gasteiger partial charge in [-0.2, -0.15) is 0 Å². The highest BCUT2D eigenvalue weighted by atomic mass is 28.4. The van der Waals surface area contributed by atoms with Crippen LogP contribution in [0.1, 0.15) is 101 Å². The van der Waals surface area contributed by atoms with E-state index in [1.165, 1.54) is 33.6 Å². The molecule has 0 saturated carbocycles. The average Bonchev–Trinajstić information content (AvgIpc) is 2.71. The molecule has 0 aromatic heterocycles. The second kappa shape index (κ2) is 10.1. The lowest BCUT2D eigenvalue weighted by Gasteiger charge is -2.68. The molecular weight excluding hydrogens is 463 g/mol. The molecule has 1 fully saturated rings. The van der Waals surface area contributed by atoms with Crippen LogP contribution in [0.4, 0.5) is 11.4 Å². The zero-order valence-electron chi connectivity index (χ0n) is 23.7. The van der Waals surface area contributed by atoms with Crippen molar-refractivity contribution in [2.75, 3.05) is 7.10 Å². The maximum absolute atomic E-state index is 7.28. The van der Waals surface area contributed by atoms with Gasteiger partial charge in [0.1, 0.15) is 0 Å². The summed E-state index contributed by atoms with van der Waals surface area (Å²) >= 11 is -0.127. The van der Waals surface area contributed by atoms with Crippen LogP contribution in [0.5, 0.6) is 0 Å². The van der Waals surface area contributed by atoms with E-state index in [1.807, 2.05) is 0 Å². The SMILES string of the molecule is CC(C)c1cccc(C(C)C)c1[N]1[Al-][N](c2c(C(C)C)cccc2C(C)C)[Si](C)(C)O[Si]1(C)C. The van der Waals surface area contributed by atoms with E-state index in [0.717, 1.165) is 0 Å². The summed E-state index contributed by atoms with van der Waals surface area (Å²) in [6.07, 6.45) is 0. The smallest absolute Gasteiger partial charge is 0.230 e. The summed E-state index contributed by atoms with van der Waals surface area (Å²) in [6, 6.07) is 13.9. The number of rotatable bonds is 6. The van der Waals surface area contributed by atoms with Crippen molar-refractivity contribution in [1.82, 2.24) is 0 Å². The molecule has 2 aromatic rings. The molecule has 0 bridgehead atoms. The number of benzene rings is 2. The Morgan fingerprint density at radius 3 is 1.06 bits per heavy atom. The highest BCUT2D eigenvalue weighted by molar-refractivity contribution is 7.02. The number of hydrogen-bond donors (Lipinski definition) is 0. The number of nitrogens with zero attached hydrogens (tertiary/aromatic N) is 2. The molecular formula is C28H46AlN2OSi2-. The van der Waals surface area contributed by atoms with Crippen molar-refractivity contribution in [2.24, 2.45) is 0 Å². The lowest BCUT2D eigenvalue weighted by Crippen LogP contribution is -2.74. The molecule has 3 rings (SSSR count). The van der Waals surface area contributed by atoms with Crippen LogP contribution in [0.15, 0.2) is 36.4 Å². The van der Waals surface area contributed by atoms with Crippen LogP contribution < -0.4 is 7.10 Å². The maximum Gasteiger partial charge on any atom is 0.230 e. The van der Waals surface area contributed by atoms with Gasteiger partial charge >= 0.3 is 0 Å². The van der Waals surface area contributed by atoms with Gasteiger partial charge < -0.3 is 11.2 Å². The van der Waals surface area contributed by atoms with Crippen molar-refractivity contribution >= 4 is 44.0 Å². The van der Waals surface area contributed by atoms with E-state index in [2.05, 4.69) is 125 Å². The molecule has 0 aliphatic carbocycles. The Balaban J connectivity index is 2.28. The lowest BCUT2D eigenvalue weighted by molar-refractivity contribution is 0.537. The monoisotopic (exact) mass is 509 g/mol. The fourth-order valence-corrected chi connectivity index (χ4v) is 17.9. The molecule has 186 valence electrons. The van der Waals surface area contributed by atoms with Crippen LogP contribution in [0.25, 0.3) is 0 Å². The molecule has 2 radical (unpaired) electrons. The highest BCUT2D eigenvalue weighted by Gasteiger charge is 2.42. The third kappa shape index (κ3) is 5.22. The second-order valence-corrected chi connectivity index (χ2v) is 21.9. The van der Waals surface area contributed by atoms with Crippen molar-refractivity contribution in [2.45, 2.75) is 105 Å². The first-order valence-electron chi connectivity index (χ1n) is 13.1. The Morgan fingerprint density at radius 1 is 0.559 bits per heavy atom. The van der Waals surface area contributed by atoms with Crippen LogP contribution in [0.2, 0.25) is 26.2 Å². The summed E-state index contributed by atoms with van der Waals surface area (Å²) in [4.78, 5) is 0. The molecule has 0 N–H and O–H groups in total. The maximum atomic E-state index is 7.28. The van der Waals surface area contributed by atoms with Crippen molar-refractivity contribution in [1.29, 1.82) is 0 Å². The summed E-state index contributed by atoms with van der Waals surface area (Å²) in [5, 5.41) is 0. The molecule has 1 aliphatic rings. The van der Waals surface area contributed by atoms with Crippen LogP contribution >= 0.6 is 0 Å². The summed E-state index contributed by atoms with van der Waals surface area (Å²) in [6.45, 7) is 28.3. The Hall–Kier alpha value is -1.03. The Labute approximate surface area is 218 Å². The number of hydrogen-bond acceptors (Lipinski definition) is 3. The molecule has 0 unspecified atom stereocenters. The van der Waals surface area contributed by atoms with E-state index in [0.29, 0.717) is 23.7 Å². The van der Waals surface area contributed by atoms with Gasteiger partial charge in [0.15, 0.2) is 0 Å². The van der Waals surface area contributed by atoms with Crippen molar-refractivity contribution in [3.63, 3.8) is 0 Å². The molecule has 1 heterocycles. The summed E-state index contributed by atoms with van der Waals surface area (Å²) in [7, 11) is -4.25. The van der Waals surface area contributed by atoms with Gasteiger partial charge in [-0.25, -0.2) is 0 Å². The molecule has 6 heteroatoms. The predicted molar refractivity (Wildman–Crippen MR) is 156 cm³/mol. The van der Waals surface area contributed by atoms with E-state index in [-0.39, 0.29) is 15.7 Å². The topological polar surface area (TPSA) is 15.7 Å². The molecule has 34 heavy (non-hydrogen) atoms. The van der Waals surface area contributed by atoms with Gasteiger partial charge in [-0.15, -0.1) is 0 Å². The fraction of sp³-hybridized carbons (Fsp3) is 0.571. The second-order valence-electron chi connectivity index (χ2n) is 12.0. The third-order valence-corrected chi connectivity index (χ3v) is 19.2. The van der Waals surface area contributed by atoms with E-state index in [4.69, 9.17) is 4.12 Å². The Bertz CT molecular complexity index is 885. The zero-order chi connectivity index (χ0) is 25.6. The van der Waals surface area contributed by atoms with Crippen LogP contribution in [-0.4, -0.2) is 32.6 Å². The highest BCUT2D eigenvalue weighted by Crippen LogP contribution is 2.44. The first kappa shape index (κ1) is 27.6. The van der Waals surface area contributed by atoms with Crippen molar-refractivity contribution in [3.05, 3.63) is 58.7 Å². The van der Waals surface area contributed by atoms with Gasteiger partial charge in [-0.3, -0.25) is 0 Å². The third-order valence-electron chi connectivity index (χ3n) is 7.06. The molecule has 3 nitrogen and oxygen atoms in total. The molecule has 1 aliphatic heterocycles. The minimum absolute atomic E-state index is 0.127. The first-order valence-corrected chi connectivity index (χ1v) is 19.8. The zero-order valence-corrected chi connectivity index (χ0v) is 26.8. The van der Waals surface area contributed by atoms with E-state index in [1.54, 1.807) is 0 Å². The van der Waals surface area contributed by atoms with Crippen molar-refractivity contribution < 1.29 is 4.12 Å². The van der Waals surface area contributed by atoms with Gasteiger partial charge in [-0.1, -0.05) is 91.8 Å². The van der Waals surface area contributed by atoms with Gasteiger partial charge in [0.05, 0.1) is 0 Å². The Morgan fingerprint density at radius 2 is 0.824 bits per heavy atom. The van der Waals surface area contributed by atoms with E-state index >= 15 is 0 Å². The van der Waals surface area contributed by atoms with E-state index < -0.39 is 17.0 Å². The van der Waals surface area contributed by atoms with Crippen LogP contribution in [0, 0.1) is 0 Å². The molecule has 0 spiro atoms. The largest absolute Gasteiger partial charge is 0.629 e. The molecule has 2 aromatic carbocycles. The number of anilines is 2. The quantitative estimate of drug-likeness (QED) is 0.363. The minimum Gasteiger partial charge on any atom is -0.629 e. The summed E-state index contributed by atoms with van der Waals surface area (Å²) < 4.78 is 12.8. The van der Waals surface area contributed by atoms with Gasteiger partial charge in [0, 0.05) is 15.7 Å². The minimum atomic E-state index is -2.12. The fourth-order valence-electron chi connectivity index (χ4n) is 5.34. The average molecular weight is 510 g/mol. The van der Waals surface area contributed by atoms with Crippen LogP contribution in [-0.2, 0) is 4.12 Å². The summed E-state index contributed by atoms with van der Waals surface area (Å²) in [5.41, 5.74) is 8.77. The lowest BCUT2D eigenvalue weighted by atomic mass is 9.93.